The summed E-state index contributed by atoms with van der Waals surface area (Å²) in [5.74, 6) is 2.50. The second-order valence-corrected chi connectivity index (χ2v) is 15.4. The molecule has 0 aliphatic heterocycles. The molecular weight excluding hydrogens is 779 g/mol. The van der Waals surface area contributed by atoms with Gasteiger partial charge in [0.05, 0.1) is 11.4 Å². The fourth-order valence-electron chi connectivity index (χ4n) is 7.89. The molecule has 0 N–H and O–H groups in total. The first-order valence-electron chi connectivity index (χ1n) is 21.2. The predicted octanol–water partition coefficient (Wildman–Crippen LogP) is 14.9. The summed E-state index contributed by atoms with van der Waals surface area (Å²) in [4.78, 5) is 24.8. The summed E-state index contributed by atoms with van der Waals surface area (Å²) < 4.78 is 0. The SMILES string of the molecule is C=C/C=C(\C=C)c1nc(-c2ccccc2)cc(-c2ccc(-c3ccc4ccc(-c5ccc(-c6nc(-c7ccccc7)nc(-c7ccc(-c8ccccc8)cc7)n6)cc5)cc4c3)cc2)n1. The van der Waals surface area contributed by atoms with Crippen molar-refractivity contribution < 1.29 is 0 Å². The number of rotatable bonds is 11. The Morgan fingerprint density at radius 1 is 0.312 bits per heavy atom. The Morgan fingerprint density at radius 3 is 1.11 bits per heavy atom. The minimum atomic E-state index is 0.605. The number of fused-ring (bicyclic) bond motifs is 1. The van der Waals surface area contributed by atoms with Crippen molar-refractivity contribution in [2.75, 3.05) is 0 Å². The van der Waals surface area contributed by atoms with Crippen molar-refractivity contribution >= 4 is 16.3 Å². The van der Waals surface area contributed by atoms with Crippen LogP contribution >= 0.6 is 0 Å². The van der Waals surface area contributed by atoms with Crippen LogP contribution < -0.4 is 0 Å². The topological polar surface area (TPSA) is 64.5 Å². The third-order valence-corrected chi connectivity index (χ3v) is 11.3. The Morgan fingerprint density at radius 2 is 0.656 bits per heavy atom. The minimum absolute atomic E-state index is 0.605. The Balaban J connectivity index is 0.932. The van der Waals surface area contributed by atoms with Crippen molar-refractivity contribution in [3.05, 3.63) is 243 Å². The average Bonchev–Trinajstić information content (AvgIpc) is 3.38. The molecule has 0 spiro atoms. The van der Waals surface area contributed by atoms with Crippen molar-refractivity contribution in [1.29, 1.82) is 0 Å². The van der Waals surface area contributed by atoms with E-state index in [1.54, 1.807) is 12.2 Å². The molecule has 0 unspecified atom stereocenters. The number of aromatic nitrogens is 5. The van der Waals surface area contributed by atoms with E-state index in [4.69, 9.17) is 24.9 Å². The first-order chi connectivity index (χ1) is 31.6. The van der Waals surface area contributed by atoms with Crippen LogP contribution in [0.5, 0.6) is 0 Å². The van der Waals surface area contributed by atoms with E-state index in [1.165, 1.54) is 10.9 Å². The smallest absolute Gasteiger partial charge is 0.164 e. The van der Waals surface area contributed by atoms with Gasteiger partial charge in [-0.3, -0.25) is 0 Å². The molecule has 5 heteroatoms. The lowest BCUT2D eigenvalue weighted by atomic mass is 9.96. The number of nitrogens with zero attached hydrogens (tertiary/aromatic N) is 5. The molecule has 0 amide bonds. The van der Waals surface area contributed by atoms with E-state index in [0.717, 1.165) is 78.0 Å². The van der Waals surface area contributed by atoms with E-state index < -0.39 is 0 Å². The highest BCUT2D eigenvalue weighted by atomic mass is 15.0. The van der Waals surface area contributed by atoms with Gasteiger partial charge in [-0.05, 0) is 62.4 Å². The highest BCUT2D eigenvalue weighted by Gasteiger charge is 2.15. The van der Waals surface area contributed by atoms with E-state index in [2.05, 4.69) is 159 Å². The normalized spacial score (nSPS) is 11.3. The highest BCUT2D eigenvalue weighted by molar-refractivity contribution is 5.91. The lowest BCUT2D eigenvalue weighted by Crippen LogP contribution is -2.00. The number of hydrogen-bond acceptors (Lipinski definition) is 5. The van der Waals surface area contributed by atoms with Crippen LogP contribution in [-0.2, 0) is 0 Å². The van der Waals surface area contributed by atoms with Crippen molar-refractivity contribution in [3.63, 3.8) is 0 Å². The Hall–Kier alpha value is -8.67. The molecule has 0 radical (unpaired) electrons. The van der Waals surface area contributed by atoms with Crippen LogP contribution in [0.2, 0.25) is 0 Å². The summed E-state index contributed by atoms with van der Waals surface area (Å²) in [5, 5.41) is 2.34. The molecule has 10 aromatic rings. The largest absolute Gasteiger partial charge is 0.228 e. The molecule has 10 rings (SSSR count). The molecule has 0 aliphatic rings. The van der Waals surface area contributed by atoms with Crippen LogP contribution in [0.15, 0.2) is 238 Å². The fraction of sp³-hybridized carbons (Fsp3) is 0. The van der Waals surface area contributed by atoms with E-state index in [9.17, 15) is 0 Å². The van der Waals surface area contributed by atoms with Crippen LogP contribution in [0.4, 0.5) is 0 Å². The Kier molecular flexibility index (Phi) is 10.9. The zero-order chi connectivity index (χ0) is 43.2. The summed E-state index contributed by atoms with van der Waals surface area (Å²) in [7, 11) is 0. The van der Waals surface area contributed by atoms with Gasteiger partial charge in [0, 0.05) is 33.4 Å². The van der Waals surface area contributed by atoms with Gasteiger partial charge in [0.2, 0.25) is 0 Å². The Labute approximate surface area is 373 Å². The van der Waals surface area contributed by atoms with Gasteiger partial charge in [0.25, 0.3) is 0 Å². The van der Waals surface area contributed by atoms with Crippen molar-refractivity contribution in [2.45, 2.75) is 0 Å². The molecule has 5 nitrogen and oxygen atoms in total. The van der Waals surface area contributed by atoms with E-state index >= 15 is 0 Å². The van der Waals surface area contributed by atoms with Crippen molar-refractivity contribution in [3.8, 4) is 90.1 Å². The minimum Gasteiger partial charge on any atom is -0.228 e. The average molecular weight is 820 g/mol. The van der Waals surface area contributed by atoms with Gasteiger partial charge in [0.15, 0.2) is 23.3 Å². The van der Waals surface area contributed by atoms with Crippen LogP contribution in [0.1, 0.15) is 5.82 Å². The quantitative estimate of drug-likeness (QED) is 0.122. The molecule has 8 aromatic carbocycles. The van der Waals surface area contributed by atoms with Crippen LogP contribution in [0, 0.1) is 0 Å². The van der Waals surface area contributed by atoms with Gasteiger partial charge in [-0.2, -0.15) is 0 Å². The summed E-state index contributed by atoms with van der Waals surface area (Å²) >= 11 is 0. The van der Waals surface area contributed by atoms with Gasteiger partial charge in [-0.15, -0.1) is 0 Å². The summed E-state index contributed by atoms with van der Waals surface area (Å²) in [6, 6.07) is 71.4. The highest BCUT2D eigenvalue weighted by Crippen LogP contribution is 2.33. The summed E-state index contributed by atoms with van der Waals surface area (Å²) in [6.07, 6.45) is 5.38. The summed E-state index contributed by atoms with van der Waals surface area (Å²) in [5.41, 5.74) is 14.1. The van der Waals surface area contributed by atoms with Crippen LogP contribution in [0.3, 0.4) is 0 Å². The first-order valence-corrected chi connectivity index (χ1v) is 21.2. The molecule has 2 aromatic heterocycles. The lowest BCUT2D eigenvalue weighted by molar-refractivity contribution is 1.07. The lowest BCUT2D eigenvalue weighted by Gasteiger charge is -2.11. The predicted molar refractivity (Wildman–Crippen MR) is 265 cm³/mol. The molecule has 0 atom stereocenters. The second-order valence-electron chi connectivity index (χ2n) is 15.4. The number of allylic oxidation sites excluding steroid dienone is 4. The van der Waals surface area contributed by atoms with Crippen LogP contribution in [0.25, 0.3) is 106 Å². The molecule has 0 fully saturated rings. The van der Waals surface area contributed by atoms with Gasteiger partial charge in [-0.25, -0.2) is 24.9 Å². The third kappa shape index (κ3) is 8.34. The zero-order valence-corrected chi connectivity index (χ0v) is 35.0. The van der Waals surface area contributed by atoms with Crippen molar-refractivity contribution in [1.82, 2.24) is 24.9 Å². The first kappa shape index (κ1) is 39.5. The van der Waals surface area contributed by atoms with Gasteiger partial charge in [-0.1, -0.05) is 219 Å². The molecule has 0 aliphatic carbocycles. The molecule has 64 heavy (non-hydrogen) atoms. The van der Waals surface area contributed by atoms with E-state index in [1.807, 2.05) is 66.7 Å². The maximum absolute atomic E-state index is 5.01. The number of hydrogen-bond donors (Lipinski definition) is 0. The molecule has 2 heterocycles. The molecule has 0 saturated heterocycles. The van der Waals surface area contributed by atoms with Gasteiger partial charge in [0.1, 0.15) is 0 Å². The second kappa shape index (κ2) is 17.7. The zero-order valence-electron chi connectivity index (χ0n) is 35.0. The third-order valence-electron chi connectivity index (χ3n) is 11.3. The molecule has 0 saturated carbocycles. The van der Waals surface area contributed by atoms with E-state index in [0.29, 0.717) is 23.3 Å². The fourth-order valence-corrected chi connectivity index (χ4v) is 7.89. The Bertz CT molecular complexity index is 3310. The number of benzene rings is 8. The van der Waals surface area contributed by atoms with Crippen LogP contribution in [-0.4, -0.2) is 24.9 Å². The van der Waals surface area contributed by atoms with Gasteiger partial charge < -0.3 is 0 Å². The molecule has 0 bridgehead atoms. The standard InChI is InChI=1S/C59H41N5/c1-3-14-40(4-2)56-60-54(46-17-10-6-11-18-46)39-55(61-56)47-29-21-43(22-30-47)51-35-27-45-28-36-52(38-53(45)37-51)44-25-33-50(34-26-44)59-63-57(48-19-12-7-13-20-48)62-58(64-59)49-31-23-42(24-32-49)41-15-8-5-9-16-41/h3-39H,1-2H2/b40-14+. The monoisotopic (exact) mass is 819 g/mol. The van der Waals surface area contributed by atoms with Gasteiger partial charge >= 0.3 is 0 Å². The molecule has 302 valence electrons. The maximum atomic E-state index is 5.01. The van der Waals surface area contributed by atoms with Crippen molar-refractivity contribution in [2.24, 2.45) is 0 Å². The maximum Gasteiger partial charge on any atom is 0.164 e. The van der Waals surface area contributed by atoms with E-state index in [-0.39, 0.29) is 0 Å². The summed E-state index contributed by atoms with van der Waals surface area (Å²) in [6.45, 7) is 7.86. The molecular formula is C59H41N5.